The minimum Gasteiger partial charge on any atom is -0.492 e. The number of nitrogens with one attached hydrogen (secondary N) is 2. The van der Waals surface area contributed by atoms with Gasteiger partial charge in [-0.15, -0.1) is 0 Å². The SMILES string of the molecule is CCNC(=NCCCCN1CCCC1)NCCOc1ccccc1. The highest BCUT2D eigenvalue weighted by Gasteiger charge is 2.09. The maximum atomic E-state index is 5.68. The number of guanidine groups is 1. The summed E-state index contributed by atoms with van der Waals surface area (Å²) >= 11 is 0. The van der Waals surface area contributed by atoms with Gasteiger partial charge in [-0.25, -0.2) is 0 Å². The fourth-order valence-corrected chi connectivity index (χ4v) is 2.84. The lowest BCUT2D eigenvalue weighted by Crippen LogP contribution is -2.39. The summed E-state index contributed by atoms with van der Waals surface area (Å²) in [5.41, 5.74) is 0. The average molecular weight is 332 g/mol. The smallest absolute Gasteiger partial charge is 0.191 e. The Balaban J connectivity index is 1.57. The van der Waals surface area contributed by atoms with E-state index in [1.54, 1.807) is 0 Å². The highest BCUT2D eigenvalue weighted by molar-refractivity contribution is 5.79. The van der Waals surface area contributed by atoms with Crippen molar-refractivity contribution >= 4 is 5.96 Å². The molecule has 1 aromatic rings. The van der Waals surface area contributed by atoms with E-state index < -0.39 is 0 Å². The highest BCUT2D eigenvalue weighted by atomic mass is 16.5. The molecule has 0 saturated carbocycles. The summed E-state index contributed by atoms with van der Waals surface area (Å²) < 4.78 is 5.68. The van der Waals surface area contributed by atoms with E-state index in [9.17, 15) is 0 Å². The van der Waals surface area contributed by atoms with E-state index in [1.165, 1.54) is 38.9 Å². The van der Waals surface area contributed by atoms with Gasteiger partial charge in [0.05, 0.1) is 6.54 Å². The van der Waals surface area contributed by atoms with Crippen molar-refractivity contribution in [1.29, 1.82) is 0 Å². The van der Waals surface area contributed by atoms with Crippen molar-refractivity contribution < 1.29 is 4.74 Å². The summed E-state index contributed by atoms with van der Waals surface area (Å²) in [5, 5.41) is 6.61. The second kappa shape index (κ2) is 11.7. The lowest BCUT2D eigenvalue weighted by atomic mass is 10.3. The first-order valence-electron chi connectivity index (χ1n) is 9.31. The Labute approximate surface area is 146 Å². The Bertz CT molecular complexity index is 458. The van der Waals surface area contributed by atoms with Gasteiger partial charge in [0.15, 0.2) is 5.96 Å². The zero-order valence-corrected chi connectivity index (χ0v) is 15.0. The number of unbranched alkanes of at least 4 members (excludes halogenated alkanes) is 1. The molecule has 134 valence electrons. The average Bonchev–Trinajstić information content (AvgIpc) is 3.12. The zero-order chi connectivity index (χ0) is 16.9. The van der Waals surface area contributed by atoms with E-state index in [0.29, 0.717) is 6.61 Å². The molecule has 0 bridgehead atoms. The van der Waals surface area contributed by atoms with Crippen LogP contribution in [0.2, 0.25) is 0 Å². The highest BCUT2D eigenvalue weighted by Crippen LogP contribution is 2.08. The van der Waals surface area contributed by atoms with E-state index >= 15 is 0 Å². The van der Waals surface area contributed by atoms with Gasteiger partial charge in [0, 0.05) is 13.1 Å². The van der Waals surface area contributed by atoms with Crippen LogP contribution >= 0.6 is 0 Å². The van der Waals surface area contributed by atoms with Crippen LogP contribution in [-0.2, 0) is 0 Å². The molecular weight excluding hydrogens is 300 g/mol. The van der Waals surface area contributed by atoms with Crippen molar-refractivity contribution in [2.24, 2.45) is 4.99 Å². The molecule has 0 spiro atoms. The standard InChI is InChI=1S/C19H32N4O/c1-2-20-19(21-12-6-7-14-23-15-8-9-16-23)22-13-17-24-18-10-4-3-5-11-18/h3-5,10-11H,2,6-9,12-17H2,1H3,(H2,20,21,22). The van der Waals surface area contributed by atoms with Crippen molar-refractivity contribution in [3.63, 3.8) is 0 Å². The van der Waals surface area contributed by atoms with Gasteiger partial charge in [-0.3, -0.25) is 4.99 Å². The molecule has 0 atom stereocenters. The van der Waals surface area contributed by atoms with Crippen molar-refractivity contribution in [3.8, 4) is 5.75 Å². The molecule has 1 aliphatic heterocycles. The van der Waals surface area contributed by atoms with E-state index in [1.807, 2.05) is 30.3 Å². The minimum atomic E-state index is 0.628. The number of ether oxygens (including phenoxy) is 1. The summed E-state index contributed by atoms with van der Waals surface area (Å²) in [6, 6.07) is 9.90. The van der Waals surface area contributed by atoms with Crippen molar-refractivity contribution in [3.05, 3.63) is 30.3 Å². The second-order valence-electron chi connectivity index (χ2n) is 6.10. The maximum Gasteiger partial charge on any atom is 0.191 e. The topological polar surface area (TPSA) is 48.9 Å². The van der Waals surface area contributed by atoms with Gasteiger partial charge >= 0.3 is 0 Å². The van der Waals surface area contributed by atoms with E-state index in [-0.39, 0.29) is 0 Å². The molecule has 0 radical (unpaired) electrons. The van der Waals surface area contributed by atoms with Gasteiger partial charge in [0.1, 0.15) is 12.4 Å². The van der Waals surface area contributed by atoms with Gasteiger partial charge in [-0.2, -0.15) is 0 Å². The van der Waals surface area contributed by atoms with Crippen LogP contribution in [0.1, 0.15) is 32.6 Å². The van der Waals surface area contributed by atoms with Gasteiger partial charge in [-0.1, -0.05) is 18.2 Å². The molecule has 2 N–H and O–H groups in total. The predicted octanol–water partition coefficient (Wildman–Crippen LogP) is 2.50. The summed E-state index contributed by atoms with van der Waals surface area (Å²) in [4.78, 5) is 7.21. The second-order valence-corrected chi connectivity index (χ2v) is 6.10. The summed E-state index contributed by atoms with van der Waals surface area (Å²) in [7, 11) is 0. The number of hydrogen-bond donors (Lipinski definition) is 2. The Morgan fingerprint density at radius 1 is 1.12 bits per heavy atom. The third-order valence-corrected chi connectivity index (χ3v) is 4.10. The largest absolute Gasteiger partial charge is 0.492 e. The van der Waals surface area contributed by atoms with Crippen LogP contribution in [0.4, 0.5) is 0 Å². The van der Waals surface area contributed by atoms with Crippen LogP contribution < -0.4 is 15.4 Å². The lowest BCUT2D eigenvalue weighted by Gasteiger charge is -2.14. The van der Waals surface area contributed by atoms with Crippen LogP contribution in [0.25, 0.3) is 0 Å². The molecule has 5 heteroatoms. The van der Waals surface area contributed by atoms with Gasteiger partial charge in [-0.05, 0) is 64.4 Å². The maximum absolute atomic E-state index is 5.68. The fraction of sp³-hybridized carbons (Fsp3) is 0.632. The third kappa shape index (κ3) is 7.68. The Morgan fingerprint density at radius 2 is 1.92 bits per heavy atom. The fourth-order valence-electron chi connectivity index (χ4n) is 2.84. The first-order chi connectivity index (χ1) is 11.9. The molecule has 0 amide bonds. The molecule has 2 rings (SSSR count). The quantitative estimate of drug-likeness (QED) is 0.393. The van der Waals surface area contributed by atoms with Crippen LogP contribution in [0.15, 0.2) is 35.3 Å². The van der Waals surface area contributed by atoms with Crippen molar-refractivity contribution in [1.82, 2.24) is 15.5 Å². The molecule has 24 heavy (non-hydrogen) atoms. The number of likely N-dealkylation sites (tertiary alicyclic amines) is 1. The molecular formula is C19H32N4O. The molecule has 1 heterocycles. The van der Waals surface area contributed by atoms with Crippen molar-refractivity contribution in [2.75, 3.05) is 45.9 Å². The van der Waals surface area contributed by atoms with Crippen LogP contribution in [-0.4, -0.2) is 56.7 Å². The number of hydrogen-bond acceptors (Lipinski definition) is 3. The number of para-hydroxylation sites is 1. The monoisotopic (exact) mass is 332 g/mol. The summed E-state index contributed by atoms with van der Waals surface area (Å²) in [5.74, 6) is 1.79. The van der Waals surface area contributed by atoms with Gasteiger partial charge < -0.3 is 20.3 Å². The number of aliphatic imine (C=N–C) groups is 1. The summed E-state index contributed by atoms with van der Waals surface area (Å²) in [6.07, 6.45) is 5.13. The molecule has 1 saturated heterocycles. The lowest BCUT2D eigenvalue weighted by molar-refractivity contribution is 0.322. The van der Waals surface area contributed by atoms with Crippen LogP contribution in [0.3, 0.4) is 0 Å². The van der Waals surface area contributed by atoms with E-state index in [0.717, 1.165) is 37.8 Å². The van der Waals surface area contributed by atoms with E-state index in [2.05, 4.69) is 27.4 Å². The number of benzene rings is 1. The molecule has 0 unspecified atom stereocenters. The Morgan fingerprint density at radius 3 is 2.67 bits per heavy atom. The third-order valence-electron chi connectivity index (χ3n) is 4.10. The molecule has 5 nitrogen and oxygen atoms in total. The summed E-state index contributed by atoms with van der Waals surface area (Å²) in [6.45, 7) is 9.01. The molecule has 0 aliphatic carbocycles. The Hall–Kier alpha value is -1.75. The number of nitrogens with zero attached hydrogens (tertiary/aromatic N) is 2. The van der Waals surface area contributed by atoms with E-state index in [4.69, 9.17) is 4.74 Å². The molecule has 1 aliphatic rings. The van der Waals surface area contributed by atoms with Crippen LogP contribution in [0.5, 0.6) is 5.75 Å². The van der Waals surface area contributed by atoms with Gasteiger partial charge in [0.25, 0.3) is 0 Å². The molecule has 1 aromatic carbocycles. The first kappa shape index (κ1) is 18.6. The molecule has 0 aromatic heterocycles. The predicted molar refractivity (Wildman–Crippen MR) is 101 cm³/mol. The van der Waals surface area contributed by atoms with Crippen molar-refractivity contribution in [2.45, 2.75) is 32.6 Å². The minimum absolute atomic E-state index is 0.628. The van der Waals surface area contributed by atoms with Crippen LogP contribution in [0, 0.1) is 0 Å². The Kier molecular flexibility index (Phi) is 9.09. The first-order valence-corrected chi connectivity index (χ1v) is 9.31. The van der Waals surface area contributed by atoms with Gasteiger partial charge in [0.2, 0.25) is 0 Å². The number of rotatable bonds is 10. The zero-order valence-electron chi connectivity index (χ0n) is 15.0. The normalized spacial score (nSPS) is 15.5. The molecule has 1 fully saturated rings.